The molecule has 2 unspecified atom stereocenters. The van der Waals surface area contributed by atoms with Crippen LogP contribution < -0.4 is 9.64 Å². The molecule has 0 fully saturated rings. The van der Waals surface area contributed by atoms with E-state index in [4.69, 9.17) is 9.15 Å². The van der Waals surface area contributed by atoms with E-state index in [0.29, 0.717) is 0 Å². The molecule has 1 aliphatic heterocycles. The molecule has 0 bridgehead atoms. The highest BCUT2D eigenvalue weighted by Gasteiger charge is 2.46. The number of benzene rings is 9. The molecule has 0 spiro atoms. The number of nitrogens with zero attached hydrogens (tertiary/aromatic N) is 1. The van der Waals surface area contributed by atoms with E-state index < -0.39 is 5.41 Å². The van der Waals surface area contributed by atoms with E-state index in [-0.39, 0.29) is 12.0 Å². The average molecular weight is 820 g/mol. The van der Waals surface area contributed by atoms with Crippen molar-refractivity contribution >= 4 is 39.0 Å². The molecule has 3 heteroatoms. The van der Waals surface area contributed by atoms with Crippen molar-refractivity contribution in [1.29, 1.82) is 0 Å². The van der Waals surface area contributed by atoms with Gasteiger partial charge in [0, 0.05) is 50.4 Å². The van der Waals surface area contributed by atoms with Crippen molar-refractivity contribution in [3.63, 3.8) is 0 Å². The van der Waals surface area contributed by atoms with Gasteiger partial charge >= 0.3 is 0 Å². The molecule has 13 rings (SSSR count). The van der Waals surface area contributed by atoms with Crippen LogP contribution >= 0.6 is 0 Å². The number of fused-ring (bicyclic) bond motifs is 9. The van der Waals surface area contributed by atoms with Gasteiger partial charge < -0.3 is 14.1 Å². The van der Waals surface area contributed by atoms with E-state index in [1.165, 1.54) is 38.9 Å². The molecule has 2 atom stereocenters. The molecule has 3 aliphatic rings. The van der Waals surface area contributed by atoms with Crippen LogP contribution in [0.5, 0.6) is 5.75 Å². The SMILES string of the molecule is C1=CC2Oc3c(-c4ccc(N(c5ccc(-c6cccc7c6oc6ccccc67)cc5)c5ccc6c(c5)C(c5ccccc5)(c5ccccc5)c5ccccc5-6)cc4)cccc3C2C=C1. The van der Waals surface area contributed by atoms with Gasteiger partial charge in [-0.25, -0.2) is 0 Å². The maximum absolute atomic E-state index is 6.61. The Hall–Kier alpha value is -8.14. The van der Waals surface area contributed by atoms with Gasteiger partial charge in [-0.05, 0) is 93.0 Å². The molecule has 64 heavy (non-hydrogen) atoms. The minimum Gasteiger partial charge on any atom is -0.484 e. The smallest absolute Gasteiger partial charge is 0.143 e. The summed E-state index contributed by atoms with van der Waals surface area (Å²) in [6.07, 6.45) is 8.66. The van der Waals surface area contributed by atoms with Crippen LogP contribution in [0.4, 0.5) is 17.1 Å². The van der Waals surface area contributed by atoms with Gasteiger partial charge in [0.1, 0.15) is 23.0 Å². The Kier molecular flexibility index (Phi) is 8.26. The summed E-state index contributed by atoms with van der Waals surface area (Å²) in [5.41, 5.74) is 17.7. The summed E-state index contributed by atoms with van der Waals surface area (Å²) in [6.45, 7) is 0. The standard InChI is InChI=1S/C61H41NO2/c1-3-15-42(16-4-1)61(43-17-5-2-6-18-43)55-26-10-7-19-49(55)50-38-37-46(39-56(50)61)62(44-33-29-40(30-34-44)47-22-13-24-53-51-20-8-11-27-57(51)63-59(47)53)45-35-31-41(32-36-45)48-23-14-25-54-52-21-9-12-28-58(52)64-60(48)54/h1-39,51,57H. The van der Waals surface area contributed by atoms with Crippen LogP contribution in [0, 0.1) is 0 Å². The van der Waals surface area contributed by atoms with Crippen molar-refractivity contribution < 1.29 is 9.15 Å². The zero-order chi connectivity index (χ0) is 42.2. The Morgan fingerprint density at radius 1 is 0.422 bits per heavy atom. The molecule has 10 aromatic rings. The van der Waals surface area contributed by atoms with Crippen molar-refractivity contribution in [3.05, 3.63) is 264 Å². The zero-order valence-electron chi connectivity index (χ0n) is 34.9. The molecule has 302 valence electrons. The Bertz CT molecular complexity index is 3430. The number of anilines is 3. The molecule has 0 saturated carbocycles. The van der Waals surface area contributed by atoms with Gasteiger partial charge in [0.15, 0.2) is 0 Å². The highest BCUT2D eigenvalue weighted by atomic mass is 16.5. The molecule has 9 aromatic carbocycles. The fraction of sp³-hybridized carbons (Fsp3) is 0.0492. The largest absolute Gasteiger partial charge is 0.484 e. The molecule has 2 heterocycles. The van der Waals surface area contributed by atoms with Crippen LogP contribution in [0.15, 0.2) is 241 Å². The molecule has 3 nitrogen and oxygen atoms in total. The Morgan fingerprint density at radius 2 is 1.00 bits per heavy atom. The van der Waals surface area contributed by atoms with E-state index in [1.54, 1.807) is 0 Å². The monoisotopic (exact) mass is 819 g/mol. The molecular weight excluding hydrogens is 779 g/mol. The zero-order valence-corrected chi connectivity index (χ0v) is 34.9. The van der Waals surface area contributed by atoms with Gasteiger partial charge in [0.2, 0.25) is 0 Å². The Labute approximate surface area is 372 Å². The van der Waals surface area contributed by atoms with Gasteiger partial charge in [-0.2, -0.15) is 0 Å². The first kappa shape index (κ1) is 36.5. The van der Waals surface area contributed by atoms with Crippen LogP contribution in [0.2, 0.25) is 0 Å². The lowest BCUT2D eigenvalue weighted by Gasteiger charge is -2.35. The summed E-state index contributed by atoms with van der Waals surface area (Å²) < 4.78 is 13.1. The first-order valence-corrected chi connectivity index (χ1v) is 22.2. The first-order chi connectivity index (χ1) is 31.7. The summed E-state index contributed by atoms with van der Waals surface area (Å²) >= 11 is 0. The van der Waals surface area contributed by atoms with Crippen LogP contribution in [0.25, 0.3) is 55.3 Å². The second-order valence-corrected chi connectivity index (χ2v) is 17.1. The highest BCUT2D eigenvalue weighted by Crippen LogP contribution is 2.57. The third kappa shape index (κ3) is 5.47. The number of allylic oxidation sites excluding steroid dienone is 2. The maximum Gasteiger partial charge on any atom is 0.143 e. The Balaban J connectivity index is 0.979. The highest BCUT2D eigenvalue weighted by molar-refractivity contribution is 6.09. The molecule has 1 aromatic heterocycles. The summed E-state index contributed by atoms with van der Waals surface area (Å²) in [7, 11) is 0. The Morgan fingerprint density at radius 3 is 1.77 bits per heavy atom. The van der Waals surface area contributed by atoms with Gasteiger partial charge in [-0.3, -0.25) is 0 Å². The molecule has 0 radical (unpaired) electrons. The lowest BCUT2D eigenvalue weighted by Crippen LogP contribution is -2.28. The summed E-state index contributed by atoms with van der Waals surface area (Å²) in [5, 5.41) is 2.25. The van der Waals surface area contributed by atoms with E-state index in [9.17, 15) is 0 Å². The molecule has 0 N–H and O–H groups in total. The van der Waals surface area contributed by atoms with E-state index >= 15 is 0 Å². The predicted octanol–water partition coefficient (Wildman–Crippen LogP) is 15.7. The number of furan rings is 1. The number of hydrogen-bond donors (Lipinski definition) is 0. The van der Waals surface area contributed by atoms with E-state index in [2.05, 4.69) is 229 Å². The summed E-state index contributed by atoms with van der Waals surface area (Å²) in [5.74, 6) is 1.21. The van der Waals surface area contributed by atoms with Gasteiger partial charge in [-0.1, -0.05) is 188 Å². The van der Waals surface area contributed by atoms with Crippen LogP contribution in [0.3, 0.4) is 0 Å². The fourth-order valence-electron chi connectivity index (χ4n) is 10.9. The molecular formula is C61H41NO2. The van der Waals surface area contributed by atoms with Crippen molar-refractivity contribution in [2.24, 2.45) is 0 Å². The first-order valence-electron chi connectivity index (χ1n) is 22.2. The topological polar surface area (TPSA) is 25.6 Å². The van der Waals surface area contributed by atoms with Crippen LogP contribution in [0.1, 0.15) is 33.7 Å². The number of hydrogen-bond acceptors (Lipinski definition) is 3. The van der Waals surface area contributed by atoms with E-state index in [0.717, 1.165) is 67.0 Å². The second-order valence-electron chi connectivity index (χ2n) is 17.1. The minimum atomic E-state index is -0.523. The van der Waals surface area contributed by atoms with Gasteiger partial charge in [0.05, 0.1) is 5.41 Å². The normalized spacial score (nSPS) is 16.2. The second kappa shape index (κ2) is 14.5. The number of para-hydroxylation sites is 3. The van der Waals surface area contributed by atoms with Crippen molar-refractivity contribution in [3.8, 4) is 39.1 Å². The van der Waals surface area contributed by atoms with Crippen LogP contribution in [-0.4, -0.2) is 6.10 Å². The lowest BCUT2D eigenvalue weighted by molar-refractivity contribution is 0.270. The fourth-order valence-corrected chi connectivity index (χ4v) is 10.9. The van der Waals surface area contributed by atoms with Gasteiger partial charge in [0.25, 0.3) is 0 Å². The maximum atomic E-state index is 6.61. The minimum absolute atomic E-state index is 0.0301. The number of ether oxygens (including phenoxy) is 1. The summed E-state index contributed by atoms with van der Waals surface area (Å²) in [6, 6.07) is 77.3. The molecule has 0 amide bonds. The average Bonchev–Trinajstić information content (AvgIpc) is 4.04. The molecule has 2 aliphatic carbocycles. The lowest BCUT2D eigenvalue weighted by atomic mass is 9.67. The number of rotatable bonds is 7. The van der Waals surface area contributed by atoms with Crippen molar-refractivity contribution in [1.82, 2.24) is 0 Å². The van der Waals surface area contributed by atoms with Crippen LogP contribution in [-0.2, 0) is 5.41 Å². The van der Waals surface area contributed by atoms with Crippen molar-refractivity contribution in [2.45, 2.75) is 17.4 Å². The quantitative estimate of drug-likeness (QED) is 0.160. The molecule has 0 saturated heterocycles. The summed E-state index contributed by atoms with van der Waals surface area (Å²) in [4.78, 5) is 2.40. The van der Waals surface area contributed by atoms with E-state index in [1.807, 2.05) is 12.1 Å². The predicted molar refractivity (Wildman–Crippen MR) is 262 cm³/mol. The third-order valence-electron chi connectivity index (χ3n) is 13.7. The third-order valence-corrected chi connectivity index (χ3v) is 13.7. The van der Waals surface area contributed by atoms with Crippen molar-refractivity contribution in [2.75, 3.05) is 4.90 Å². The van der Waals surface area contributed by atoms with Gasteiger partial charge in [-0.15, -0.1) is 0 Å².